The Balaban J connectivity index is 2.25. The van der Waals surface area contributed by atoms with E-state index in [1.807, 2.05) is 0 Å². The fraction of sp³-hybridized carbons (Fsp3) is 0.571. The zero-order valence-electron chi connectivity index (χ0n) is 10.6. The molecule has 1 aromatic carbocycles. The first-order chi connectivity index (χ1) is 7.60. The van der Waals surface area contributed by atoms with Crippen molar-refractivity contribution in [2.45, 2.75) is 19.3 Å². The molecule has 16 heavy (non-hydrogen) atoms. The van der Waals surface area contributed by atoms with E-state index in [9.17, 15) is 0 Å². The largest absolute Gasteiger partial charge is 0.315 e. The Morgan fingerprint density at radius 2 is 1.94 bits per heavy atom. The van der Waals surface area contributed by atoms with Gasteiger partial charge >= 0.3 is 0 Å². The van der Waals surface area contributed by atoms with Gasteiger partial charge in [0, 0.05) is 31.6 Å². The molecule has 1 atom stereocenters. The lowest BCUT2D eigenvalue weighted by Gasteiger charge is -2.31. The lowest BCUT2D eigenvalue weighted by molar-refractivity contribution is 0.290. The van der Waals surface area contributed by atoms with Gasteiger partial charge in [-0.15, -0.1) is 0 Å². The predicted octanol–water partition coefficient (Wildman–Crippen LogP) is 1.79. The normalized spacial score (nSPS) is 27.7. The molecule has 1 heterocycles. The second-order valence-electron chi connectivity index (χ2n) is 5.34. The van der Waals surface area contributed by atoms with Crippen LogP contribution in [0.2, 0.25) is 0 Å². The van der Waals surface area contributed by atoms with Crippen molar-refractivity contribution in [3.8, 4) is 0 Å². The van der Waals surface area contributed by atoms with Crippen LogP contribution in [0.5, 0.6) is 0 Å². The number of hydrogen-bond acceptors (Lipinski definition) is 2. The average molecular weight is 218 g/mol. The van der Waals surface area contributed by atoms with Crippen LogP contribution in [0.25, 0.3) is 0 Å². The van der Waals surface area contributed by atoms with Crippen LogP contribution in [0.4, 0.5) is 0 Å². The molecule has 88 valence electrons. The monoisotopic (exact) mass is 218 g/mol. The molecule has 0 spiro atoms. The molecule has 0 saturated carbocycles. The van der Waals surface area contributed by atoms with Crippen molar-refractivity contribution in [2.24, 2.45) is 0 Å². The van der Waals surface area contributed by atoms with Crippen molar-refractivity contribution in [1.82, 2.24) is 10.2 Å². The first kappa shape index (κ1) is 11.6. The molecule has 1 N–H and O–H groups in total. The third kappa shape index (κ3) is 2.45. The molecule has 1 saturated heterocycles. The molecule has 0 bridgehead atoms. The van der Waals surface area contributed by atoms with E-state index in [-0.39, 0.29) is 5.41 Å². The quantitative estimate of drug-likeness (QED) is 0.773. The van der Waals surface area contributed by atoms with Crippen LogP contribution >= 0.6 is 0 Å². The highest BCUT2D eigenvalue weighted by Crippen LogP contribution is 2.25. The highest BCUT2D eigenvalue weighted by Gasteiger charge is 2.29. The lowest BCUT2D eigenvalue weighted by Crippen LogP contribution is -2.39. The summed E-state index contributed by atoms with van der Waals surface area (Å²) in [6.45, 7) is 8.93. The van der Waals surface area contributed by atoms with E-state index in [0.29, 0.717) is 0 Å². The van der Waals surface area contributed by atoms with E-state index in [0.717, 1.165) is 26.2 Å². The molecule has 0 radical (unpaired) electrons. The molecule has 1 aliphatic heterocycles. The maximum absolute atomic E-state index is 3.54. The highest BCUT2D eigenvalue weighted by molar-refractivity contribution is 5.29. The average Bonchev–Trinajstić information content (AvgIpc) is 2.41. The summed E-state index contributed by atoms with van der Waals surface area (Å²) < 4.78 is 0. The van der Waals surface area contributed by atoms with Gasteiger partial charge in [0.25, 0.3) is 0 Å². The van der Waals surface area contributed by atoms with Crippen molar-refractivity contribution < 1.29 is 0 Å². The van der Waals surface area contributed by atoms with Crippen LogP contribution in [0, 0.1) is 6.92 Å². The molecule has 1 aliphatic rings. The van der Waals surface area contributed by atoms with E-state index in [1.54, 1.807) is 0 Å². The second-order valence-corrected chi connectivity index (χ2v) is 5.34. The minimum absolute atomic E-state index is 0.235. The van der Waals surface area contributed by atoms with Gasteiger partial charge in [0.15, 0.2) is 0 Å². The van der Waals surface area contributed by atoms with E-state index >= 15 is 0 Å². The van der Waals surface area contributed by atoms with Crippen LogP contribution < -0.4 is 5.32 Å². The van der Waals surface area contributed by atoms with Gasteiger partial charge in [-0.25, -0.2) is 0 Å². The lowest BCUT2D eigenvalue weighted by atomic mass is 9.82. The molecular weight excluding hydrogens is 196 g/mol. The summed E-state index contributed by atoms with van der Waals surface area (Å²) in [5, 5.41) is 3.54. The molecule has 1 unspecified atom stereocenters. The van der Waals surface area contributed by atoms with Gasteiger partial charge in [-0.1, -0.05) is 36.8 Å². The van der Waals surface area contributed by atoms with Crippen LogP contribution in [-0.2, 0) is 5.41 Å². The Kier molecular flexibility index (Phi) is 3.31. The highest BCUT2D eigenvalue weighted by atomic mass is 15.1. The summed E-state index contributed by atoms with van der Waals surface area (Å²) in [6, 6.07) is 8.98. The first-order valence-electron chi connectivity index (χ1n) is 6.07. The Labute approximate surface area is 98.7 Å². The number of rotatable bonds is 1. The number of likely N-dealkylation sites (N-methyl/N-ethyl adjacent to an activating group) is 1. The van der Waals surface area contributed by atoms with Gasteiger partial charge in [-0.3, -0.25) is 0 Å². The number of aryl methyl sites for hydroxylation is 1. The van der Waals surface area contributed by atoms with Crippen LogP contribution in [0.15, 0.2) is 24.3 Å². The summed E-state index contributed by atoms with van der Waals surface area (Å²) in [4.78, 5) is 2.42. The standard InChI is InChI=1S/C14H22N2/c1-12-4-6-13(7-5-12)14(2)10-15-8-9-16(3)11-14/h4-7,15H,8-11H2,1-3H3. The maximum atomic E-state index is 3.54. The molecule has 2 rings (SSSR count). The Bertz CT molecular complexity index is 344. The van der Waals surface area contributed by atoms with Crippen molar-refractivity contribution in [1.29, 1.82) is 0 Å². The predicted molar refractivity (Wildman–Crippen MR) is 68.9 cm³/mol. The number of benzene rings is 1. The zero-order valence-corrected chi connectivity index (χ0v) is 10.6. The van der Waals surface area contributed by atoms with Gasteiger partial charge in [-0.2, -0.15) is 0 Å². The van der Waals surface area contributed by atoms with Gasteiger partial charge in [-0.05, 0) is 19.5 Å². The van der Waals surface area contributed by atoms with Crippen molar-refractivity contribution in [3.63, 3.8) is 0 Å². The van der Waals surface area contributed by atoms with Gasteiger partial charge in [0.05, 0.1) is 0 Å². The molecular formula is C14H22N2. The summed E-state index contributed by atoms with van der Waals surface area (Å²) in [7, 11) is 2.21. The zero-order chi connectivity index (χ0) is 11.6. The smallest absolute Gasteiger partial charge is 0.0176 e. The summed E-state index contributed by atoms with van der Waals surface area (Å²) >= 11 is 0. The first-order valence-corrected chi connectivity index (χ1v) is 6.07. The van der Waals surface area contributed by atoms with Crippen LogP contribution in [0.1, 0.15) is 18.1 Å². The SMILES string of the molecule is Cc1ccc(C2(C)CNCCN(C)C2)cc1. The van der Waals surface area contributed by atoms with Crippen LogP contribution in [-0.4, -0.2) is 38.1 Å². The second kappa shape index (κ2) is 4.56. The molecule has 1 aromatic rings. The Morgan fingerprint density at radius 3 is 2.62 bits per heavy atom. The molecule has 2 heteroatoms. The fourth-order valence-corrected chi connectivity index (χ4v) is 2.51. The molecule has 0 aromatic heterocycles. The van der Waals surface area contributed by atoms with Crippen molar-refractivity contribution in [3.05, 3.63) is 35.4 Å². The number of nitrogens with zero attached hydrogens (tertiary/aromatic N) is 1. The third-order valence-electron chi connectivity index (χ3n) is 3.55. The van der Waals surface area contributed by atoms with Gasteiger partial charge < -0.3 is 10.2 Å². The topological polar surface area (TPSA) is 15.3 Å². The van der Waals surface area contributed by atoms with E-state index < -0.39 is 0 Å². The van der Waals surface area contributed by atoms with E-state index in [2.05, 4.69) is 55.4 Å². The van der Waals surface area contributed by atoms with E-state index in [4.69, 9.17) is 0 Å². The summed E-state index contributed by atoms with van der Waals surface area (Å²) in [5.41, 5.74) is 3.01. The van der Waals surface area contributed by atoms with Crippen LogP contribution in [0.3, 0.4) is 0 Å². The Hall–Kier alpha value is -0.860. The molecule has 0 aliphatic carbocycles. The van der Waals surface area contributed by atoms with Gasteiger partial charge in [0.1, 0.15) is 0 Å². The summed E-state index contributed by atoms with van der Waals surface area (Å²) in [6.07, 6.45) is 0. The minimum atomic E-state index is 0.235. The van der Waals surface area contributed by atoms with Gasteiger partial charge in [0.2, 0.25) is 0 Å². The molecule has 2 nitrogen and oxygen atoms in total. The maximum Gasteiger partial charge on any atom is 0.0176 e. The molecule has 1 fully saturated rings. The van der Waals surface area contributed by atoms with Crippen molar-refractivity contribution in [2.75, 3.05) is 33.2 Å². The number of nitrogens with one attached hydrogen (secondary N) is 1. The fourth-order valence-electron chi connectivity index (χ4n) is 2.51. The summed E-state index contributed by atoms with van der Waals surface area (Å²) in [5.74, 6) is 0. The number of hydrogen-bond donors (Lipinski definition) is 1. The van der Waals surface area contributed by atoms with E-state index in [1.165, 1.54) is 11.1 Å². The third-order valence-corrected chi connectivity index (χ3v) is 3.55. The minimum Gasteiger partial charge on any atom is -0.315 e. The van der Waals surface area contributed by atoms with Crippen molar-refractivity contribution >= 4 is 0 Å². The Morgan fingerprint density at radius 1 is 1.25 bits per heavy atom. The molecule has 0 amide bonds.